The van der Waals surface area contributed by atoms with Crippen LogP contribution in [-0.2, 0) is 32.0 Å². The van der Waals surface area contributed by atoms with Crippen LogP contribution in [0.25, 0.3) is 0 Å². The number of Topliss-reactive ketones (excluding diaryl/α,β-unsaturated/α-hetero) is 4. The summed E-state index contributed by atoms with van der Waals surface area (Å²) >= 11 is 0. The van der Waals surface area contributed by atoms with Gasteiger partial charge in [0.15, 0.2) is 28.6 Å². The number of hydrogen-bond donors (Lipinski definition) is 10. The third-order valence-electron chi connectivity index (χ3n) is 15.3. The highest BCUT2D eigenvalue weighted by Gasteiger charge is 2.69. The highest BCUT2D eigenvalue weighted by molar-refractivity contribution is 6.25. The van der Waals surface area contributed by atoms with Gasteiger partial charge in [-0.25, -0.2) is 0 Å². The fourth-order valence-electron chi connectivity index (χ4n) is 12.3. The molecule has 18 nitrogen and oxygen atoms in total. The number of amides is 2. The SMILES string of the molecule is CN(C)[C@@H]1C(O)=C(C(N)=O)C(=O)[C@@]2(O)C(O)=C3C(=O)c4c(O)ccc(C#CCCCCC#Cc5ccc(O)c6c5C[C@H]5C[C@H]7[C@H](N(C)C)C(O)C(C(N)=O)C(=O)[C@@]7(O)C(O)C5C6=O)c4C[C@H]3C[C@@H]12. The van der Waals surface area contributed by atoms with Gasteiger partial charge >= 0.3 is 0 Å². The largest absolute Gasteiger partial charge is 0.510 e. The number of aliphatic hydroxyl groups excluding tert-OH is 4. The first kappa shape index (κ1) is 48.1. The lowest BCUT2D eigenvalue weighted by Gasteiger charge is -2.58. The fourth-order valence-corrected chi connectivity index (χ4v) is 12.3. The molecule has 2 aromatic carbocycles. The van der Waals surface area contributed by atoms with E-state index in [-0.39, 0.29) is 53.9 Å². The van der Waals surface area contributed by atoms with Gasteiger partial charge in [-0.3, -0.25) is 33.7 Å². The van der Waals surface area contributed by atoms with Gasteiger partial charge in [0.2, 0.25) is 11.7 Å². The second-order valence-corrected chi connectivity index (χ2v) is 19.4. The van der Waals surface area contributed by atoms with Gasteiger partial charge in [-0.05, 0) is 114 Å². The minimum atomic E-state index is -2.75. The molecule has 0 aliphatic heterocycles. The number of ketones is 4. The van der Waals surface area contributed by atoms with E-state index >= 15 is 0 Å². The van der Waals surface area contributed by atoms with Crippen LogP contribution in [0.5, 0.6) is 11.5 Å². The second kappa shape index (κ2) is 17.3. The van der Waals surface area contributed by atoms with Crippen LogP contribution < -0.4 is 11.5 Å². The van der Waals surface area contributed by atoms with E-state index in [9.17, 15) is 69.6 Å². The number of primary amides is 2. The fraction of sp³-hybridized carbons (Fsp3) is 0.480. The molecular formula is C50H54N4O14. The third-order valence-corrected chi connectivity index (χ3v) is 15.3. The molecule has 6 aliphatic rings. The first-order valence-corrected chi connectivity index (χ1v) is 22.5. The van der Waals surface area contributed by atoms with Crippen molar-refractivity contribution in [2.24, 2.45) is 47.0 Å². The number of nitrogens with two attached hydrogens (primary N) is 2. The van der Waals surface area contributed by atoms with Crippen LogP contribution in [0, 0.1) is 59.2 Å². The summed E-state index contributed by atoms with van der Waals surface area (Å²) in [6.45, 7) is 0. The number of unbranched alkanes of at least 4 members (excludes halogenated alkanes) is 3. The van der Waals surface area contributed by atoms with Crippen LogP contribution >= 0.6 is 0 Å². The Bertz CT molecular complexity index is 2790. The first-order valence-electron chi connectivity index (χ1n) is 22.5. The average molecular weight is 935 g/mol. The highest BCUT2D eigenvalue weighted by atomic mass is 16.4. The molecule has 18 heteroatoms. The van der Waals surface area contributed by atoms with E-state index < -0.39 is 123 Å². The Morgan fingerprint density at radius 3 is 1.90 bits per heavy atom. The molecule has 2 amide bonds. The molecule has 8 rings (SSSR count). The monoisotopic (exact) mass is 934 g/mol. The predicted octanol–water partition coefficient (Wildman–Crippen LogP) is -0.152. The highest BCUT2D eigenvalue weighted by Crippen LogP contribution is 2.55. The van der Waals surface area contributed by atoms with Crippen LogP contribution in [0.4, 0.5) is 0 Å². The van der Waals surface area contributed by atoms with Crippen molar-refractivity contribution in [1.29, 1.82) is 0 Å². The Hall–Kier alpha value is -6.38. The van der Waals surface area contributed by atoms with Crippen molar-refractivity contribution in [3.05, 3.63) is 80.3 Å². The maximum Gasteiger partial charge on any atom is 0.255 e. The van der Waals surface area contributed by atoms with Crippen LogP contribution in [0.2, 0.25) is 0 Å². The number of allylic oxidation sites excluding steroid dienone is 1. The molecule has 0 spiro atoms. The molecule has 12 atom stereocenters. The van der Waals surface area contributed by atoms with Gasteiger partial charge in [0, 0.05) is 47.4 Å². The number of rotatable bonds is 7. The number of phenolic OH excluding ortho intramolecular Hbond substituents is 2. The number of aromatic hydroxyl groups is 2. The number of nitrogens with zero attached hydrogens (tertiary/aromatic N) is 2. The summed E-state index contributed by atoms with van der Waals surface area (Å²) in [4.78, 5) is 83.0. The average Bonchev–Trinajstić information content (AvgIpc) is 3.25. The number of benzene rings is 2. The second-order valence-electron chi connectivity index (χ2n) is 19.4. The van der Waals surface area contributed by atoms with Crippen molar-refractivity contribution >= 4 is 34.9 Å². The summed E-state index contributed by atoms with van der Waals surface area (Å²) in [7, 11) is 6.31. The van der Waals surface area contributed by atoms with Crippen molar-refractivity contribution < 1.29 is 69.6 Å². The van der Waals surface area contributed by atoms with Gasteiger partial charge in [0.1, 0.15) is 40.6 Å². The Labute approximate surface area is 390 Å². The van der Waals surface area contributed by atoms with E-state index in [1.54, 1.807) is 45.2 Å². The van der Waals surface area contributed by atoms with Crippen molar-refractivity contribution in [1.82, 2.24) is 9.80 Å². The summed E-state index contributed by atoms with van der Waals surface area (Å²) in [5.41, 5.74) is 6.04. The summed E-state index contributed by atoms with van der Waals surface area (Å²) in [6.07, 6.45) is -1.22. The molecule has 0 bridgehead atoms. The molecule has 68 heavy (non-hydrogen) atoms. The third kappa shape index (κ3) is 7.04. The lowest BCUT2D eigenvalue weighted by Crippen LogP contribution is -2.76. The molecule has 0 saturated heterocycles. The van der Waals surface area contributed by atoms with Crippen molar-refractivity contribution in [2.75, 3.05) is 28.2 Å². The summed E-state index contributed by atoms with van der Waals surface area (Å²) in [5.74, 6) is -3.03. The molecule has 2 fully saturated rings. The summed E-state index contributed by atoms with van der Waals surface area (Å²) < 4.78 is 0. The Balaban J connectivity index is 0.968. The van der Waals surface area contributed by atoms with Gasteiger partial charge in [-0.15, -0.1) is 0 Å². The number of phenols is 2. The number of likely N-dealkylation sites (N-methyl/N-ethyl adjacent to an activating group) is 2. The normalized spacial score (nSPS) is 32.7. The number of hydrogen-bond acceptors (Lipinski definition) is 16. The molecule has 0 aromatic heterocycles. The van der Waals surface area contributed by atoms with Crippen LogP contribution in [0.3, 0.4) is 0 Å². The molecule has 0 heterocycles. The van der Waals surface area contributed by atoms with Crippen LogP contribution in [0.15, 0.2) is 46.9 Å². The van der Waals surface area contributed by atoms with Gasteiger partial charge < -0.3 is 57.2 Å². The number of aliphatic hydroxyl groups is 6. The molecular weight excluding hydrogens is 881 g/mol. The van der Waals surface area contributed by atoms with E-state index in [0.717, 1.165) is 0 Å². The van der Waals surface area contributed by atoms with Crippen molar-refractivity contribution in [3.63, 3.8) is 0 Å². The number of fused-ring (bicyclic) bond motifs is 6. The molecule has 2 aromatic rings. The van der Waals surface area contributed by atoms with Gasteiger partial charge in [-0.2, -0.15) is 0 Å². The number of carbonyl (C=O) groups excluding carboxylic acids is 6. The summed E-state index contributed by atoms with van der Waals surface area (Å²) in [5, 5.41) is 91.0. The quantitative estimate of drug-likeness (QED) is 0.0747. The molecule has 12 N–H and O–H groups in total. The van der Waals surface area contributed by atoms with E-state index in [2.05, 4.69) is 23.7 Å². The van der Waals surface area contributed by atoms with E-state index in [0.29, 0.717) is 47.9 Å². The molecule has 4 unspecified atom stereocenters. The predicted molar refractivity (Wildman–Crippen MR) is 239 cm³/mol. The Kier molecular flexibility index (Phi) is 12.2. The van der Waals surface area contributed by atoms with Crippen LogP contribution in [-0.4, -0.2) is 149 Å². The molecule has 0 radical (unpaired) electrons. The van der Waals surface area contributed by atoms with Crippen molar-refractivity contribution in [3.8, 4) is 35.2 Å². The minimum absolute atomic E-state index is 0.0311. The Morgan fingerprint density at radius 2 is 1.35 bits per heavy atom. The maximum atomic E-state index is 14.1. The Morgan fingerprint density at radius 1 is 0.779 bits per heavy atom. The van der Waals surface area contributed by atoms with Crippen molar-refractivity contribution in [2.45, 2.75) is 86.9 Å². The first-order chi connectivity index (χ1) is 32.0. The smallest absolute Gasteiger partial charge is 0.255 e. The summed E-state index contributed by atoms with van der Waals surface area (Å²) in [6, 6.07) is 3.70. The zero-order chi connectivity index (χ0) is 49.6. The standard InChI is InChI=1S/C50H54N4O14/c1-53(2)37-27-19-23-17-25-21(13-15-29(55)33(25)39(57)31(23)43(61)49(27,67)45(63)35(41(37)59)47(51)65)11-9-7-5-6-8-10-12-22-14-16-30(56)34-26(22)18-24-20-28-38(54(3)4)42(60)36(48(52)66)46(64)50(28,68)44(62)32(24)40(34)58/h13-16,23-24,27-28,31,35,37-38,41,43,55-56,59-62,67-68H,5-8,17-20H2,1-4H3,(H2,51,65)(H2,52,66)/t23-,24-,27-,28-,31?,35?,37-,38-,41?,43?,49-,50-/m0/s1. The molecule has 2 saturated carbocycles. The maximum absolute atomic E-state index is 14.1. The lowest BCUT2D eigenvalue weighted by molar-refractivity contribution is -0.217. The number of carbonyl (C=O) groups is 6. The van der Waals surface area contributed by atoms with E-state index in [1.165, 1.54) is 17.0 Å². The van der Waals surface area contributed by atoms with Gasteiger partial charge in [0.25, 0.3) is 5.91 Å². The van der Waals surface area contributed by atoms with E-state index in [1.807, 2.05) is 0 Å². The van der Waals surface area contributed by atoms with Gasteiger partial charge in [0.05, 0.1) is 29.2 Å². The lowest BCUT2D eigenvalue weighted by atomic mass is 9.51. The zero-order valence-electron chi connectivity index (χ0n) is 37.8. The van der Waals surface area contributed by atoms with Gasteiger partial charge in [-0.1, -0.05) is 23.7 Å². The molecule has 358 valence electrons. The molecule has 6 aliphatic carbocycles. The topological polar surface area (TPSA) is 323 Å². The van der Waals surface area contributed by atoms with E-state index in [4.69, 9.17) is 11.5 Å². The minimum Gasteiger partial charge on any atom is -0.510 e. The zero-order valence-corrected chi connectivity index (χ0v) is 37.8. The van der Waals surface area contributed by atoms with Crippen LogP contribution in [0.1, 0.15) is 81.5 Å².